The van der Waals surface area contributed by atoms with E-state index in [1.807, 2.05) is 7.05 Å². The van der Waals surface area contributed by atoms with Gasteiger partial charge < -0.3 is 5.11 Å². The average Bonchev–Trinajstić information content (AvgIpc) is 2.42. The Hall–Kier alpha value is -0.950. The largest absolute Gasteiger partial charge is 0.396 e. The molecule has 6 heteroatoms. The summed E-state index contributed by atoms with van der Waals surface area (Å²) >= 11 is 0. The number of benzene rings is 1. The van der Waals surface area contributed by atoms with E-state index in [0.717, 1.165) is 12.1 Å². The molecule has 1 fully saturated rings. The summed E-state index contributed by atoms with van der Waals surface area (Å²) in [6.45, 7) is 5.91. The van der Waals surface area contributed by atoms with Gasteiger partial charge in [0.15, 0.2) is 0 Å². The Morgan fingerprint density at radius 2 is 1.81 bits per heavy atom. The number of sulfonamides is 1. The molecule has 0 saturated carbocycles. The second-order valence-electron chi connectivity index (χ2n) is 6.19. The first-order valence-corrected chi connectivity index (χ1v) is 8.62. The Kier molecular flexibility index (Phi) is 4.72. The quantitative estimate of drug-likeness (QED) is 0.899. The monoisotopic (exact) mass is 312 g/mol. The molecule has 0 bridgehead atoms. The number of nitrogens with zero attached hydrogens (tertiary/aromatic N) is 2. The van der Waals surface area contributed by atoms with E-state index in [1.54, 1.807) is 28.6 Å². The highest BCUT2D eigenvalue weighted by Crippen LogP contribution is 2.25. The van der Waals surface area contributed by atoms with Crippen molar-refractivity contribution in [2.24, 2.45) is 0 Å². The van der Waals surface area contributed by atoms with Crippen molar-refractivity contribution in [3.8, 4) is 0 Å². The van der Waals surface area contributed by atoms with Crippen LogP contribution in [0.5, 0.6) is 0 Å². The molecular formula is C15H24N2O3S. The van der Waals surface area contributed by atoms with E-state index in [4.69, 9.17) is 5.11 Å². The number of piperazine rings is 1. The SMILES string of the molecule is CN1CCN(S(=O)(=O)c2ccc(CCO)cc2)CC1(C)C. The van der Waals surface area contributed by atoms with Gasteiger partial charge in [0.2, 0.25) is 10.0 Å². The Balaban J connectivity index is 2.22. The molecule has 5 nitrogen and oxygen atoms in total. The van der Waals surface area contributed by atoms with Gasteiger partial charge in [0.05, 0.1) is 4.90 Å². The Morgan fingerprint density at radius 3 is 2.33 bits per heavy atom. The van der Waals surface area contributed by atoms with Crippen LogP contribution in [0.3, 0.4) is 0 Å². The van der Waals surface area contributed by atoms with Gasteiger partial charge in [-0.2, -0.15) is 4.31 Å². The van der Waals surface area contributed by atoms with Crippen molar-refractivity contribution < 1.29 is 13.5 Å². The molecule has 1 aliphatic heterocycles. The molecule has 1 aromatic rings. The molecule has 1 aromatic carbocycles. The van der Waals surface area contributed by atoms with E-state index >= 15 is 0 Å². The maximum absolute atomic E-state index is 12.7. The molecular weight excluding hydrogens is 288 g/mol. The molecule has 0 radical (unpaired) electrons. The molecule has 0 aliphatic carbocycles. The zero-order valence-electron chi connectivity index (χ0n) is 12.9. The van der Waals surface area contributed by atoms with Crippen molar-refractivity contribution in [3.63, 3.8) is 0 Å². The van der Waals surface area contributed by atoms with Crippen LogP contribution in [0.4, 0.5) is 0 Å². The lowest BCUT2D eigenvalue weighted by Crippen LogP contribution is -2.58. The van der Waals surface area contributed by atoms with E-state index in [0.29, 0.717) is 24.4 Å². The van der Waals surface area contributed by atoms with E-state index < -0.39 is 10.0 Å². The van der Waals surface area contributed by atoms with Crippen molar-refractivity contribution in [2.45, 2.75) is 30.7 Å². The molecule has 1 saturated heterocycles. The molecule has 1 heterocycles. The summed E-state index contributed by atoms with van der Waals surface area (Å²) in [6, 6.07) is 6.80. The fraction of sp³-hybridized carbons (Fsp3) is 0.600. The van der Waals surface area contributed by atoms with Crippen molar-refractivity contribution in [2.75, 3.05) is 33.3 Å². The van der Waals surface area contributed by atoms with E-state index in [1.165, 1.54) is 0 Å². The third-order valence-electron chi connectivity index (χ3n) is 4.24. The second kappa shape index (κ2) is 6.04. The van der Waals surface area contributed by atoms with Crippen LogP contribution in [0.15, 0.2) is 29.2 Å². The minimum absolute atomic E-state index is 0.0682. The van der Waals surface area contributed by atoms with Crippen LogP contribution in [0.25, 0.3) is 0 Å². The van der Waals surface area contributed by atoms with Gasteiger partial charge in [-0.3, -0.25) is 4.90 Å². The first kappa shape index (κ1) is 16.4. The highest BCUT2D eigenvalue weighted by Gasteiger charge is 2.37. The van der Waals surface area contributed by atoms with E-state index in [2.05, 4.69) is 18.7 Å². The van der Waals surface area contributed by atoms with E-state index in [-0.39, 0.29) is 12.1 Å². The maximum Gasteiger partial charge on any atom is 0.243 e. The van der Waals surface area contributed by atoms with Gasteiger partial charge in [-0.05, 0) is 45.0 Å². The molecule has 0 aromatic heterocycles. The lowest BCUT2D eigenvalue weighted by molar-refractivity contribution is 0.0801. The number of hydrogen-bond donors (Lipinski definition) is 1. The van der Waals surface area contributed by atoms with Crippen molar-refractivity contribution in [3.05, 3.63) is 29.8 Å². The predicted octanol–water partition coefficient (Wildman–Crippen LogP) is 0.936. The third kappa shape index (κ3) is 3.45. The van der Waals surface area contributed by atoms with Gasteiger partial charge in [0.1, 0.15) is 0 Å². The van der Waals surface area contributed by atoms with Gasteiger partial charge in [-0.1, -0.05) is 12.1 Å². The van der Waals surface area contributed by atoms with Gasteiger partial charge in [-0.15, -0.1) is 0 Å². The van der Waals surface area contributed by atoms with Gasteiger partial charge >= 0.3 is 0 Å². The number of aliphatic hydroxyl groups excluding tert-OH is 1. The minimum atomic E-state index is -3.44. The Bertz CT molecular complexity index is 581. The molecule has 2 rings (SSSR count). The standard InChI is InChI=1S/C15H24N2O3S/c1-15(2)12-17(10-9-16(15)3)21(19,20)14-6-4-13(5-7-14)8-11-18/h4-7,18H,8-12H2,1-3H3. The smallest absolute Gasteiger partial charge is 0.243 e. The topological polar surface area (TPSA) is 60.9 Å². The number of aliphatic hydroxyl groups is 1. The fourth-order valence-electron chi connectivity index (χ4n) is 2.51. The lowest BCUT2D eigenvalue weighted by atomic mass is 10.0. The molecule has 21 heavy (non-hydrogen) atoms. The van der Waals surface area contributed by atoms with Gasteiger partial charge in [0.25, 0.3) is 0 Å². The highest BCUT2D eigenvalue weighted by atomic mass is 32.2. The molecule has 0 unspecified atom stereocenters. The highest BCUT2D eigenvalue weighted by molar-refractivity contribution is 7.89. The van der Waals surface area contributed by atoms with Crippen LogP contribution in [0, 0.1) is 0 Å². The minimum Gasteiger partial charge on any atom is -0.396 e. The van der Waals surface area contributed by atoms with Crippen LogP contribution < -0.4 is 0 Å². The van der Waals surface area contributed by atoms with E-state index in [9.17, 15) is 8.42 Å². The number of hydrogen-bond acceptors (Lipinski definition) is 4. The second-order valence-corrected chi connectivity index (χ2v) is 8.13. The summed E-state index contributed by atoms with van der Waals surface area (Å²) in [6.07, 6.45) is 0.544. The van der Waals surface area contributed by atoms with Gasteiger partial charge in [-0.25, -0.2) is 8.42 Å². The summed E-state index contributed by atoms with van der Waals surface area (Å²) < 4.78 is 27.0. The van der Waals surface area contributed by atoms with Crippen LogP contribution >= 0.6 is 0 Å². The third-order valence-corrected chi connectivity index (χ3v) is 6.10. The molecule has 0 spiro atoms. The first-order valence-electron chi connectivity index (χ1n) is 7.18. The lowest BCUT2D eigenvalue weighted by Gasteiger charge is -2.44. The number of likely N-dealkylation sites (N-methyl/N-ethyl adjacent to an activating group) is 1. The van der Waals surface area contributed by atoms with Crippen molar-refractivity contribution in [1.82, 2.24) is 9.21 Å². The molecule has 0 amide bonds. The molecule has 1 aliphatic rings. The summed E-state index contributed by atoms with van der Waals surface area (Å²) in [7, 11) is -1.42. The summed E-state index contributed by atoms with van der Waals surface area (Å²) in [5.74, 6) is 0. The van der Waals surface area contributed by atoms with Crippen molar-refractivity contribution >= 4 is 10.0 Å². The van der Waals surface area contributed by atoms with Crippen LogP contribution in [0.2, 0.25) is 0 Å². The Morgan fingerprint density at radius 1 is 1.19 bits per heavy atom. The van der Waals surface area contributed by atoms with Crippen molar-refractivity contribution in [1.29, 1.82) is 0 Å². The molecule has 1 N–H and O–H groups in total. The average molecular weight is 312 g/mol. The molecule has 118 valence electrons. The normalized spacial score (nSPS) is 20.6. The Labute approximate surface area is 127 Å². The summed E-state index contributed by atoms with van der Waals surface area (Å²) in [5, 5.41) is 8.90. The van der Waals surface area contributed by atoms with Crippen LogP contribution in [0.1, 0.15) is 19.4 Å². The van der Waals surface area contributed by atoms with Crippen LogP contribution in [-0.4, -0.2) is 61.6 Å². The zero-order valence-corrected chi connectivity index (χ0v) is 13.7. The molecule has 0 atom stereocenters. The summed E-state index contributed by atoms with van der Waals surface area (Å²) in [5.41, 5.74) is 0.775. The number of rotatable bonds is 4. The fourth-order valence-corrected chi connectivity index (χ4v) is 4.09. The van der Waals surface area contributed by atoms with Crippen LogP contribution in [-0.2, 0) is 16.4 Å². The zero-order chi connectivity index (χ0) is 15.7. The maximum atomic E-state index is 12.7. The van der Waals surface area contributed by atoms with Gasteiger partial charge in [0, 0.05) is 31.8 Å². The summed E-state index contributed by atoms with van der Waals surface area (Å²) in [4.78, 5) is 2.51. The first-order chi connectivity index (χ1) is 9.77. The predicted molar refractivity (Wildman–Crippen MR) is 82.7 cm³/mol.